The molecule has 0 aliphatic heterocycles. The van der Waals surface area contributed by atoms with E-state index in [1.807, 2.05) is 43.3 Å². The minimum absolute atomic E-state index is 0.0360. The molecule has 4 nitrogen and oxygen atoms in total. The number of urea groups is 1. The van der Waals surface area contributed by atoms with Crippen molar-refractivity contribution in [1.29, 1.82) is 0 Å². The Morgan fingerprint density at radius 3 is 2.54 bits per heavy atom. The first-order valence-electron chi connectivity index (χ1n) is 8.79. The average molecular weight is 348 g/mol. The van der Waals surface area contributed by atoms with Crippen LogP contribution in [0.15, 0.2) is 66.7 Å². The molecule has 2 N–H and O–H groups in total. The minimum Gasteiger partial charge on any atom is -0.496 e. The molecule has 1 atom stereocenters. The summed E-state index contributed by atoms with van der Waals surface area (Å²) in [5, 5.41) is 8.33. The van der Waals surface area contributed by atoms with Crippen molar-refractivity contribution in [2.75, 3.05) is 7.11 Å². The lowest BCUT2D eigenvalue weighted by Crippen LogP contribution is -2.41. The van der Waals surface area contributed by atoms with Gasteiger partial charge in [-0.25, -0.2) is 4.79 Å². The van der Waals surface area contributed by atoms with Gasteiger partial charge < -0.3 is 15.4 Å². The molecule has 0 aliphatic rings. The Morgan fingerprint density at radius 2 is 1.73 bits per heavy atom. The zero-order valence-corrected chi connectivity index (χ0v) is 15.2. The van der Waals surface area contributed by atoms with Crippen LogP contribution in [0.1, 0.15) is 18.1 Å². The Bertz CT molecular complexity index is 892. The van der Waals surface area contributed by atoms with Crippen LogP contribution in [-0.4, -0.2) is 19.2 Å². The Kier molecular flexibility index (Phi) is 5.74. The number of rotatable bonds is 6. The Labute approximate surface area is 154 Å². The Morgan fingerprint density at radius 1 is 1.00 bits per heavy atom. The molecule has 0 heterocycles. The van der Waals surface area contributed by atoms with Gasteiger partial charge in [-0.1, -0.05) is 60.7 Å². The van der Waals surface area contributed by atoms with E-state index in [0.717, 1.165) is 17.7 Å². The normalized spacial score (nSPS) is 11.8. The first kappa shape index (κ1) is 17.8. The first-order valence-corrected chi connectivity index (χ1v) is 8.79. The third kappa shape index (κ3) is 4.54. The van der Waals surface area contributed by atoms with E-state index in [2.05, 4.69) is 41.0 Å². The van der Waals surface area contributed by atoms with Gasteiger partial charge in [-0.3, -0.25) is 0 Å². The highest BCUT2D eigenvalue weighted by Gasteiger charge is 2.09. The number of nitrogens with one attached hydrogen (secondary N) is 2. The topological polar surface area (TPSA) is 50.4 Å². The van der Waals surface area contributed by atoms with Crippen LogP contribution in [0.3, 0.4) is 0 Å². The van der Waals surface area contributed by atoms with Crippen molar-refractivity contribution in [3.05, 3.63) is 77.9 Å². The zero-order chi connectivity index (χ0) is 18.4. The molecule has 4 heteroatoms. The van der Waals surface area contributed by atoms with Gasteiger partial charge in [0.2, 0.25) is 0 Å². The predicted octanol–water partition coefficient (Wildman–Crippen LogP) is 4.28. The number of carbonyl (C=O) groups is 1. The predicted molar refractivity (Wildman–Crippen MR) is 105 cm³/mol. The summed E-state index contributed by atoms with van der Waals surface area (Å²) in [6, 6.07) is 22.2. The largest absolute Gasteiger partial charge is 0.496 e. The molecule has 134 valence electrons. The van der Waals surface area contributed by atoms with E-state index in [1.165, 1.54) is 16.3 Å². The smallest absolute Gasteiger partial charge is 0.315 e. The van der Waals surface area contributed by atoms with Crippen molar-refractivity contribution in [2.24, 2.45) is 0 Å². The fourth-order valence-corrected chi connectivity index (χ4v) is 3.07. The molecule has 3 rings (SSSR count). The van der Waals surface area contributed by atoms with Crippen LogP contribution in [0.4, 0.5) is 4.79 Å². The van der Waals surface area contributed by atoms with Crippen LogP contribution < -0.4 is 15.4 Å². The number of methoxy groups -OCH3 is 1. The molecule has 0 aliphatic carbocycles. The van der Waals surface area contributed by atoms with Gasteiger partial charge in [-0.15, -0.1) is 0 Å². The highest BCUT2D eigenvalue weighted by atomic mass is 16.5. The molecule has 26 heavy (non-hydrogen) atoms. The lowest BCUT2D eigenvalue weighted by molar-refractivity contribution is 0.237. The average Bonchev–Trinajstić information content (AvgIpc) is 2.66. The summed E-state index contributed by atoms with van der Waals surface area (Å²) in [6.07, 6.45) is 0.785. The molecule has 0 fully saturated rings. The standard InChI is InChI=1S/C22H24N2O2/c1-16(13-17-11-12-18-7-3-4-8-19(18)14-17)24-22(25)23-15-20-9-5-6-10-21(20)26-2/h3-12,14,16H,13,15H2,1-2H3,(H2,23,24,25). The number of hydrogen-bond donors (Lipinski definition) is 2. The van der Waals surface area contributed by atoms with Crippen LogP contribution in [-0.2, 0) is 13.0 Å². The fraction of sp³-hybridized carbons (Fsp3) is 0.227. The highest BCUT2D eigenvalue weighted by Crippen LogP contribution is 2.17. The van der Waals surface area contributed by atoms with Crippen molar-refractivity contribution in [3.63, 3.8) is 0 Å². The van der Waals surface area contributed by atoms with Crippen LogP contribution in [0.25, 0.3) is 10.8 Å². The van der Waals surface area contributed by atoms with E-state index in [0.29, 0.717) is 6.54 Å². The van der Waals surface area contributed by atoms with Gasteiger partial charge in [-0.2, -0.15) is 0 Å². The summed E-state index contributed by atoms with van der Waals surface area (Å²) in [7, 11) is 1.63. The van der Waals surface area contributed by atoms with E-state index >= 15 is 0 Å². The van der Waals surface area contributed by atoms with Crippen molar-refractivity contribution >= 4 is 16.8 Å². The number of carbonyl (C=O) groups excluding carboxylic acids is 1. The van der Waals surface area contributed by atoms with E-state index in [4.69, 9.17) is 4.74 Å². The third-order valence-corrected chi connectivity index (χ3v) is 4.37. The lowest BCUT2D eigenvalue weighted by atomic mass is 10.0. The second-order valence-corrected chi connectivity index (χ2v) is 6.43. The van der Waals surface area contributed by atoms with E-state index < -0.39 is 0 Å². The number of para-hydroxylation sites is 1. The number of ether oxygens (including phenoxy) is 1. The molecule has 2 amide bonds. The van der Waals surface area contributed by atoms with Crippen molar-refractivity contribution in [1.82, 2.24) is 10.6 Å². The lowest BCUT2D eigenvalue weighted by Gasteiger charge is -2.16. The first-order chi connectivity index (χ1) is 12.7. The number of fused-ring (bicyclic) bond motifs is 1. The molecular weight excluding hydrogens is 324 g/mol. The van der Waals surface area contributed by atoms with Crippen LogP contribution in [0.5, 0.6) is 5.75 Å². The maximum absolute atomic E-state index is 12.2. The van der Waals surface area contributed by atoms with Gasteiger partial charge in [0, 0.05) is 18.2 Å². The molecule has 0 spiro atoms. The summed E-state index contributed by atoms with van der Waals surface area (Å²) in [5.74, 6) is 0.775. The van der Waals surface area contributed by atoms with E-state index in [1.54, 1.807) is 7.11 Å². The summed E-state index contributed by atoms with van der Waals surface area (Å²) >= 11 is 0. The zero-order valence-electron chi connectivity index (χ0n) is 15.2. The van der Waals surface area contributed by atoms with E-state index in [-0.39, 0.29) is 12.1 Å². The van der Waals surface area contributed by atoms with Gasteiger partial charge in [0.15, 0.2) is 0 Å². The van der Waals surface area contributed by atoms with Gasteiger partial charge in [0.05, 0.1) is 7.11 Å². The number of hydrogen-bond acceptors (Lipinski definition) is 2. The second-order valence-electron chi connectivity index (χ2n) is 6.43. The summed E-state index contributed by atoms with van der Waals surface area (Å²) in [4.78, 5) is 12.2. The van der Waals surface area contributed by atoms with Gasteiger partial charge in [-0.05, 0) is 35.7 Å². The summed E-state index contributed by atoms with van der Waals surface area (Å²) in [5.41, 5.74) is 2.16. The molecule has 0 saturated carbocycles. The molecule has 3 aromatic carbocycles. The number of amides is 2. The number of benzene rings is 3. The Hall–Kier alpha value is -3.01. The van der Waals surface area contributed by atoms with Crippen molar-refractivity contribution in [2.45, 2.75) is 25.9 Å². The van der Waals surface area contributed by atoms with Crippen LogP contribution >= 0.6 is 0 Å². The molecule has 3 aromatic rings. The van der Waals surface area contributed by atoms with E-state index in [9.17, 15) is 4.79 Å². The molecule has 0 saturated heterocycles. The molecular formula is C22H24N2O2. The molecule has 0 radical (unpaired) electrons. The Balaban J connectivity index is 1.53. The van der Waals surface area contributed by atoms with Gasteiger partial charge in [0.25, 0.3) is 0 Å². The summed E-state index contributed by atoms with van der Waals surface area (Å²) < 4.78 is 5.30. The second kappa shape index (κ2) is 8.39. The monoisotopic (exact) mass is 348 g/mol. The third-order valence-electron chi connectivity index (χ3n) is 4.37. The van der Waals surface area contributed by atoms with Crippen LogP contribution in [0, 0.1) is 0 Å². The van der Waals surface area contributed by atoms with Crippen molar-refractivity contribution in [3.8, 4) is 5.75 Å². The highest BCUT2D eigenvalue weighted by molar-refractivity contribution is 5.83. The minimum atomic E-state index is -0.177. The SMILES string of the molecule is COc1ccccc1CNC(=O)NC(C)Cc1ccc2ccccc2c1. The van der Waals surface area contributed by atoms with Gasteiger partial charge >= 0.3 is 6.03 Å². The molecule has 0 bridgehead atoms. The summed E-state index contributed by atoms with van der Waals surface area (Å²) in [6.45, 7) is 2.44. The molecule has 1 unspecified atom stereocenters. The quantitative estimate of drug-likeness (QED) is 0.698. The maximum Gasteiger partial charge on any atom is 0.315 e. The van der Waals surface area contributed by atoms with Gasteiger partial charge in [0.1, 0.15) is 5.75 Å². The van der Waals surface area contributed by atoms with Crippen LogP contribution in [0.2, 0.25) is 0 Å². The van der Waals surface area contributed by atoms with Crippen molar-refractivity contribution < 1.29 is 9.53 Å². The molecule has 0 aromatic heterocycles. The maximum atomic E-state index is 12.2. The fourth-order valence-electron chi connectivity index (χ4n) is 3.07.